The van der Waals surface area contributed by atoms with Crippen LogP contribution in [0.2, 0.25) is 0 Å². The first kappa shape index (κ1) is 21.3. The molecular weight excluding hydrogens is 388 g/mol. The van der Waals surface area contributed by atoms with Gasteiger partial charge in [-0.05, 0) is 67.3 Å². The van der Waals surface area contributed by atoms with Crippen LogP contribution in [-0.4, -0.2) is 41.7 Å². The van der Waals surface area contributed by atoms with Crippen molar-refractivity contribution in [2.45, 2.75) is 33.4 Å². The fourth-order valence-corrected chi connectivity index (χ4v) is 4.15. The number of benzene rings is 1. The maximum atomic E-state index is 6.06. The van der Waals surface area contributed by atoms with Crippen LogP contribution in [0.5, 0.6) is 5.75 Å². The van der Waals surface area contributed by atoms with Crippen molar-refractivity contribution >= 4 is 5.82 Å². The molecule has 1 aromatic carbocycles. The van der Waals surface area contributed by atoms with Crippen LogP contribution < -0.4 is 10.5 Å². The van der Waals surface area contributed by atoms with Crippen molar-refractivity contribution < 1.29 is 9.47 Å². The summed E-state index contributed by atoms with van der Waals surface area (Å²) in [5.74, 6) is 1.47. The predicted molar refractivity (Wildman–Crippen MR) is 123 cm³/mol. The molecule has 0 saturated carbocycles. The van der Waals surface area contributed by atoms with E-state index >= 15 is 0 Å². The molecule has 1 atom stereocenters. The van der Waals surface area contributed by atoms with Crippen LogP contribution >= 0.6 is 0 Å². The SMILES string of the molecule is COc1cc(C)c(CN2CCO[C@@H](c3ccc(-c4ccc(N)nc4)cn3)C2)c(C)c1C. The van der Waals surface area contributed by atoms with E-state index in [1.165, 1.54) is 22.3 Å². The molecule has 3 heterocycles. The number of nitrogen functional groups attached to an aromatic ring is 1. The molecule has 6 heteroatoms. The number of pyridine rings is 2. The maximum absolute atomic E-state index is 6.06. The molecule has 2 aromatic heterocycles. The van der Waals surface area contributed by atoms with E-state index in [4.69, 9.17) is 15.2 Å². The van der Waals surface area contributed by atoms with E-state index in [0.717, 1.165) is 42.2 Å². The molecule has 1 fully saturated rings. The summed E-state index contributed by atoms with van der Waals surface area (Å²) in [5, 5.41) is 0. The average Bonchev–Trinajstić information content (AvgIpc) is 2.80. The fraction of sp³-hybridized carbons (Fsp3) is 0.360. The summed E-state index contributed by atoms with van der Waals surface area (Å²) in [7, 11) is 1.73. The Labute approximate surface area is 184 Å². The number of anilines is 1. The zero-order valence-corrected chi connectivity index (χ0v) is 18.7. The number of hydrogen-bond acceptors (Lipinski definition) is 6. The van der Waals surface area contributed by atoms with Crippen LogP contribution in [0.4, 0.5) is 5.82 Å². The van der Waals surface area contributed by atoms with Gasteiger partial charge in [0.2, 0.25) is 0 Å². The molecule has 1 aliphatic heterocycles. The zero-order chi connectivity index (χ0) is 22.0. The number of rotatable bonds is 5. The summed E-state index contributed by atoms with van der Waals surface area (Å²) in [6.07, 6.45) is 3.62. The second-order valence-corrected chi connectivity index (χ2v) is 8.16. The summed E-state index contributed by atoms with van der Waals surface area (Å²) in [4.78, 5) is 11.3. The van der Waals surface area contributed by atoms with E-state index in [9.17, 15) is 0 Å². The van der Waals surface area contributed by atoms with Gasteiger partial charge >= 0.3 is 0 Å². The molecule has 31 heavy (non-hydrogen) atoms. The van der Waals surface area contributed by atoms with Crippen molar-refractivity contribution in [2.75, 3.05) is 32.5 Å². The van der Waals surface area contributed by atoms with Crippen LogP contribution in [-0.2, 0) is 11.3 Å². The van der Waals surface area contributed by atoms with Crippen molar-refractivity contribution in [2.24, 2.45) is 0 Å². The number of nitrogens with two attached hydrogens (primary N) is 1. The minimum atomic E-state index is -0.0349. The third-order valence-corrected chi connectivity index (χ3v) is 6.20. The Morgan fingerprint density at radius 3 is 2.45 bits per heavy atom. The number of methoxy groups -OCH3 is 1. The molecule has 2 N–H and O–H groups in total. The Kier molecular flexibility index (Phi) is 6.20. The number of aromatic nitrogens is 2. The summed E-state index contributed by atoms with van der Waals surface area (Å²) >= 11 is 0. The Bertz CT molecular complexity index is 1050. The molecule has 1 saturated heterocycles. The number of aryl methyl sites for hydroxylation is 1. The maximum Gasteiger partial charge on any atom is 0.123 e. The monoisotopic (exact) mass is 418 g/mol. The lowest BCUT2D eigenvalue weighted by atomic mass is 9.96. The van der Waals surface area contributed by atoms with Gasteiger partial charge in [-0.15, -0.1) is 0 Å². The second kappa shape index (κ2) is 9.04. The third-order valence-electron chi connectivity index (χ3n) is 6.20. The number of morpholine rings is 1. The molecule has 0 aliphatic carbocycles. The summed E-state index contributed by atoms with van der Waals surface area (Å²) in [5.41, 5.74) is 13.8. The van der Waals surface area contributed by atoms with Crippen LogP contribution in [0.3, 0.4) is 0 Å². The van der Waals surface area contributed by atoms with E-state index in [1.807, 2.05) is 18.3 Å². The van der Waals surface area contributed by atoms with Gasteiger partial charge in [0.25, 0.3) is 0 Å². The summed E-state index contributed by atoms with van der Waals surface area (Å²) in [6.45, 7) is 9.80. The summed E-state index contributed by atoms with van der Waals surface area (Å²) in [6, 6.07) is 10.0. The van der Waals surface area contributed by atoms with Gasteiger partial charge < -0.3 is 15.2 Å². The first-order valence-corrected chi connectivity index (χ1v) is 10.6. The second-order valence-electron chi connectivity index (χ2n) is 8.16. The minimum absolute atomic E-state index is 0.0349. The van der Waals surface area contributed by atoms with E-state index in [-0.39, 0.29) is 6.10 Å². The van der Waals surface area contributed by atoms with E-state index in [0.29, 0.717) is 12.4 Å². The Balaban J connectivity index is 1.48. The normalized spacial score (nSPS) is 17.0. The highest BCUT2D eigenvalue weighted by Gasteiger charge is 2.24. The van der Waals surface area contributed by atoms with Gasteiger partial charge in [-0.3, -0.25) is 9.88 Å². The minimum Gasteiger partial charge on any atom is -0.496 e. The van der Waals surface area contributed by atoms with Crippen molar-refractivity contribution in [1.82, 2.24) is 14.9 Å². The highest BCUT2D eigenvalue weighted by atomic mass is 16.5. The lowest BCUT2D eigenvalue weighted by Gasteiger charge is -2.33. The van der Waals surface area contributed by atoms with Gasteiger partial charge in [-0.25, -0.2) is 4.98 Å². The molecule has 3 aromatic rings. The van der Waals surface area contributed by atoms with E-state index < -0.39 is 0 Å². The Hall–Kier alpha value is -2.96. The first-order valence-electron chi connectivity index (χ1n) is 10.6. The van der Waals surface area contributed by atoms with Gasteiger partial charge in [0.05, 0.1) is 19.4 Å². The molecule has 0 spiro atoms. The zero-order valence-electron chi connectivity index (χ0n) is 18.7. The first-order chi connectivity index (χ1) is 15.0. The fourth-order valence-electron chi connectivity index (χ4n) is 4.15. The molecule has 0 amide bonds. The van der Waals surface area contributed by atoms with Gasteiger partial charge in [-0.2, -0.15) is 0 Å². The average molecular weight is 419 g/mol. The van der Waals surface area contributed by atoms with Crippen molar-refractivity contribution in [3.8, 4) is 16.9 Å². The molecule has 162 valence electrons. The summed E-state index contributed by atoms with van der Waals surface area (Å²) < 4.78 is 11.6. The van der Waals surface area contributed by atoms with Crippen LogP contribution in [0.15, 0.2) is 42.7 Å². The number of hydrogen-bond donors (Lipinski definition) is 1. The van der Waals surface area contributed by atoms with Crippen LogP contribution in [0.1, 0.15) is 34.1 Å². The lowest BCUT2D eigenvalue weighted by Crippen LogP contribution is -2.38. The third kappa shape index (κ3) is 4.55. The number of ether oxygens (including phenoxy) is 2. The van der Waals surface area contributed by atoms with Crippen LogP contribution in [0, 0.1) is 20.8 Å². The quantitative estimate of drug-likeness (QED) is 0.668. The van der Waals surface area contributed by atoms with Gasteiger partial charge in [0, 0.05) is 43.2 Å². The molecule has 1 aliphatic rings. The Morgan fingerprint density at radius 2 is 1.81 bits per heavy atom. The highest BCUT2D eigenvalue weighted by molar-refractivity contribution is 5.62. The topological polar surface area (TPSA) is 73.5 Å². The molecule has 4 rings (SSSR count). The van der Waals surface area contributed by atoms with E-state index in [1.54, 1.807) is 19.4 Å². The lowest BCUT2D eigenvalue weighted by molar-refractivity contribution is -0.0350. The highest BCUT2D eigenvalue weighted by Crippen LogP contribution is 2.30. The molecule has 0 bridgehead atoms. The molecule has 0 unspecified atom stereocenters. The standard InChI is InChI=1S/C25H30N4O2/c1-16-11-23(30-4)18(3)17(2)21(16)14-29-9-10-31-24(15-29)22-7-5-19(12-27-22)20-6-8-25(26)28-13-20/h5-8,11-13,24H,9-10,14-15H2,1-4H3,(H2,26,28)/t24-/m1/s1. The Morgan fingerprint density at radius 1 is 1.06 bits per heavy atom. The van der Waals surface area contributed by atoms with Gasteiger partial charge in [0.15, 0.2) is 0 Å². The largest absolute Gasteiger partial charge is 0.496 e. The smallest absolute Gasteiger partial charge is 0.123 e. The molecule has 6 nitrogen and oxygen atoms in total. The van der Waals surface area contributed by atoms with E-state index in [2.05, 4.69) is 47.8 Å². The van der Waals surface area contributed by atoms with Crippen molar-refractivity contribution in [1.29, 1.82) is 0 Å². The molecular formula is C25H30N4O2. The number of nitrogens with zero attached hydrogens (tertiary/aromatic N) is 3. The van der Waals surface area contributed by atoms with Gasteiger partial charge in [-0.1, -0.05) is 6.07 Å². The predicted octanol–water partition coefficient (Wildman–Crippen LogP) is 4.23. The van der Waals surface area contributed by atoms with Crippen molar-refractivity contribution in [3.05, 3.63) is 70.7 Å². The van der Waals surface area contributed by atoms with Crippen LogP contribution in [0.25, 0.3) is 11.1 Å². The molecule has 0 radical (unpaired) electrons. The van der Waals surface area contributed by atoms with Crippen molar-refractivity contribution in [3.63, 3.8) is 0 Å². The van der Waals surface area contributed by atoms with Gasteiger partial charge in [0.1, 0.15) is 17.7 Å².